The van der Waals surface area contributed by atoms with E-state index in [1.54, 1.807) is 18.2 Å². The molecule has 2 rings (SSSR count). The first-order valence-corrected chi connectivity index (χ1v) is 6.91. The quantitative estimate of drug-likeness (QED) is 0.742. The fourth-order valence-corrected chi connectivity index (χ4v) is 2.35. The monoisotopic (exact) mass is 338 g/mol. The zero-order chi connectivity index (χ0) is 13.8. The molecular weight excluding hydrogens is 328 g/mol. The minimum absolute atomic E-state index is 0.0534. The van der Waals surface area contributed by atoms with Gasteiger partial charge in [-0.05, 0) is 31.2 Å². The predicted molar refractivity (Wildman–Crippen MR) is 79.9 cm³/mol. The van der Waals surface area contributed by atoms with Crippen LogP contribution in [-0.4, -0.2) is 5.78 Å². The van der Waals surface area contributed by atoms with Gasteiger partial charge in [-0.25, -0.2) is 0 Å². The molecule has 2 aromatic rings. The number of carbonyl (C=O) groups is 1. The van der Waals surface area contributed by atoms with E-state index in [1.165, 1.54) is 6.92 Å². The standard InChI is InChI=1S/C15H12BrClO2/c1-10(18)13-7-6-12(8-15(13)17)19-9-11-4-2-3-5-14(11)16/h2-8H,9H2,1H3. The molecule has 2 aromatic carbocycles. The molecule has 0 aliphatic rings. The molecule has 0 N–H and O–H groups in total. The van der Waals surface area contributed by atoms with Crippen molar-refractivity contribution < 1.29 is 9.53 Å². The van der Waals surface area contributed by atoms with Gasteiger partial charge in [0.2, 0.25) is 0 Å². The Morgan fingerprint density at radius 3 is 2.63 bits per heavy atom. The first-order valence-electron chi connectivity index (χ1n) is 5.74. The van der Waals surface area contributed by atoms with Gasteiger partial charge >= 0.3 is 0 Å². The Bertz CT molecular complexity index is 611. The van der Waals surface area contributed by atoms with E-state index in [4.69, 9.17) is 16.3 Å². The summed E-state index contributed by atoms with van der Waals surface area (Å²) in [7, 11) is 0. The van der Waals surface area contributed by atoms with Gasteiger partial charge in [0.1, 0.15) is 12.4 Å². The van der Waals surface area contributed by atoms with E-state index in [-0.39, 0.29) is 5.78 Å². The lowest BCUT2D eigenvalue weighted by atomic mass is 10.1. The highest BCUT2D eigenvalue weighted by molar-refractivity contribution is 9.10. The molecule has 0 atom stereocenters. The molecule has 0 aliphatic heterocycles. The summed E-state index contributed by atoms with van der Waals surface area (Å²) in [6.07, 6.45) is 0. The van der Waals surface area contributed by atoms with E-state index in [1.807, 2.05) is 24.3 Å². The molecule has 19 heavy (non-hydrogen) atoms. The minimum Gasteiger partial charge on any atom is -0.489 e. The predicted octanol–water partition coefficient (Wildman–Crippen LogP) is 4.88. The van der Waals surface area contributed by atoms with Gasteiger partial charge in [0.05, 0.1) is 5.02 Å². The fourth-order valence-electron chi connectivity index (χ4n) is 1.65. The van der Waals surface area contributed by atoms with Crippen LogP contribution < -0.4 is 4.74 Å². The Morgan fingerprint density at radius 1 is 1.26 bits per heavy atom. The zero-order valence-corrected chi connectivity index (χ0v) is 12.7. The first-order chi connectivity index (χ1) is 9.08. The van der Waals surface area contributed by atoms with Gasteiger partial charge in [-0.2, -0.15) is 0 Å². The van der Waals surface area contributed by atoms with E-state index >= 15 is 0 Å². The third kappa shape index (κ3) is 3.58. The van der Waals surface area contributed by atoms with Crippen LogP contribution in [0.4, 0.5) is 0 Å². The van der Waals surface area contributed by atoms with Crippen molar-refractivity contribution in [3.8, 4) is 5.75 Å². The van der Waals surface area contributed by atoms with Gasteiger partial charge in [0, 0.05) is 15.6 Å². The summed E-state index contributed by atoms with van der Waals surface area (Å²) >= 11 is 9.49. The molecule has 0 saturated carbocycles. The van der Waals surface area contributed by atoms with Crippen LogP contribution >= 0.6 is 27.5 Å². The second kappa shape index (κ2) is 6.22. The van der Waals surface area contributed by atoms with Gasteiger partial charge in [0.15, 0.2) is 5.78 Å². The number of hydrogen-bond donors (Lipinski definition) is 0. The van der Waals surface area contributed by atoms with Crippen molar-refractivity contribution in [3.05, 3.63) is 63.1 Å². The summed E-state index contributed by atoms with van der Waals surface area (Å²) in [4.78, 5) is 11.3. The Balaban J connectivity index is 2.11. The Morgan fingerprint density at radius 2 is 2.00 bits per heavy atom. The molecule has 0 amide bonds. The molecule has 0 saturated heterocycles. The molecule has 0 unspecified atom stereocenters. The van der Waals surface area contributed by atoms with Gasteiger partial charge < -0.3 is 4.74 Å². The number of ketones is 1. The Kier molecular flexibility index (Phi) is 4.61. The lowest BCUT2D eigenvalue weighted by molar-refractivity contribution is 0.101. The van der Waals surface area contributed by atoms with Gasteiger partial charge in [0.25, 0.3) is 0 Å². The number of halogens is 2. The fraction of sp³-hybridized carbons (Fsp3) is 0.133. The average Bonchev–Trinajstić information content (AvgIpc) is 2.37. The van der Waals surface area contributed by atoms with E-state index < -0.39 is 0 Å². The molecular formula is C15H12BrClO2. The van der Waals surface area contributed by atoms with Crippen LogP contribution in [0.5, 0.6) is 5.75 Å². The molecule has 0 aromatic heterocycles. The maximum atomic E-state index is 11.3. The van der Waals surface area contributed by atoms with Gasteiger partial charge in [-0.1, -0.05) is 45.7 Å². The summed E-state index contributed by atoms with van der Waals surface area (Å²) < 4.78 is 6.66. The molecule has 2 nitrogen and oxygen atoms in total. The Hall–Kier alpha value is -1.32. The van der Waals surface area contributed by atoms with Crippen LogP contribution in [0.3, 0.4) is 0 Å². The van der Waals surface area contributed by atoms with Crippen LogP contribution in [0.2, 0.25) is 5.02 Å². The van der Waals surface area contributed by atoms with Crippen LogP contribution in [0, 0.1) is 0 Å². The van der Waals surface area contributed by atoms with Crippen molar-refractivity contribution in [3.63, 3.8) is 0 Å². The smallest absolute Gasteiger partial charge is 0.161 e. The molecule has 0 aliphatic carbocycles. The van der Waals surface area contributed by atoms with Gasteiger partial charge in [-0.15, -0.1) is 0 Å². The number of ether oxygens (including phenoxy) is 1. The molecule has 4 heteroatoms. The number of Topliss-reactive ketones (excluding diaryl/α,β-unsaturated/α-hetero) is 1. The lowest BCUT2D eigenvalue weighted by Gasteiger charge is -2.09. The summed E-state index contributed by atoms with van der Waals surface area (Å²) in [5.74, 6) is 0.591. The van der Waals surface area contributed by atoms with Crippen molar-refractivity contribution in [1.82, 2.24) is 0 Å². The number of hydrogen-bond acceptors (Lipinski definition) is 2. The van der Waals surface area contributed by atoms with E-state index in [0.29, 0.717) is 22.9 Å². The van der Waals surface area contributed by atoms with Crippen LogP contribution in [0.15, 0.2) is 46.9 Å². The SMILES string of the molecule is CC(=O)c1ccc(OCc2ccccc2Br)cc1Cl. The number of rotatable bonds is 4. The topological polar surface area (TPSA) is 26.3 Å². The van der Waals surface area contributed by atoms with E-state index in [9.17, 15) is 4.79 Å². The van der Waals surface area contributed by atoms with Crippen molar-refractivity contribution in [2.75, 3.05) is 0 Å². The van der Waals surface area contributed by atoms with Crippen molar-refractivity contribution in [2.24, 2.45) is 0 Å². The molecule has 0 spiro atoms. The number of carbonyl (C=O) groups excluding carboxylic acids is 1. The highest BCUT2D eigenvalue weighted by Gasteiger charge is 2.07. The van der Waals surface area contributed by atoms with Crippen LogP contribution in [-0.2, 0) is 6.61 Å². The highest BCUT2D eigenvalue weighted by Crippen LogP contribution is 2.24. The van der Waals surface area contributed by atoms with Crippen LogP contribution in [0.25, 0.3) is 0 Å². The first kappa shape index (κ1) is 14.1. The van der Waals surface area contributed by atoms with Crippen LogP contribution in [0.1, 0.15) is 22.8 Å². The third-order valence-corrected chi connectivity index (χ3v) is 3.76. The van der Waals surface area contributed by atoms with E-state index in [2.05, 4.69) is 15.9 Å². The summed E-state index contributed by atoms with van der Waals surface area (Å²) in [6, 6.07) is 12.9. The molecule has 98 valence electrons. The Labute approximate surface area is 125 Å². The summed E-state index contributed by atoms with van der Waals surface area (Å²) in [5, 5.41) is 0.414. The third-order valence-electron chi connectivity index (χ3n) is 2.67. The maximum Gasteiger partial charge on any atom is 0.161 e. The zero-order valence-electron chi connectivity index (χ0n) is 10.3. The van der Waals surface area contributed by atoms with Crippen molar-refractivity contribution in [1.29, 1.82) is 0 Å². The van der Waals surface area contributed by atoms with E-state index in [0.717, 1.165) is 10.0 Å². The summed E-state index contributed by atoms with van der Waals surface area (Å²) in [6.45, 7) is 1.93. The average molecular weight is 340 g/mol. The van der Waals surface area contributed by atoms with Crippen molar-refractivity contribution in [2.45, 2.75) is 13.5 Å². The normalized spacial score (nSPS) is 10.3. The molecule has 0 heterocycles. The second-order valence-electron chi connectivity index (χ2n) is 4.08. The highest BCUT2D eigenvalue weighted by atomic mass is 79.9. The largest absolute Gasteiger partial charge is 0.489 e. The summed E-state index contributed by atoms with van der Waals surface area (Å²) in [5.41, 5.74) is 1.56. The minimum atomic E-state index is -0.0534. The van der Waals surface area contributed by atoms with Crippen molar-refractivity contribution >= 4 is 33.3 Å². The number of benzene rings is 2. The maximum absolute atomic E-state index is 11.3. The second-order valence-corrected chi connectivity index (χ2v) is 5.34. The molecule has 0 bridgehead atoms. The molecule has 0 radical (unpaired) electrons. The molecule has 0 fully saturated rings. The van der Waals surface area contributed by atoms with Gasteiger partial charge in [-0.3, -0.25) is 4.79 Å². The lowest BCUT2D eigenvalue weighted by Crippen LogP contribution is -1.98.